The van der Waals surface area contributed by atoms with E-state index in [1.54, 1.807) is 6.20 Å². The number of H-pyrrole nitrogens is 1. The Balaban J connectivity index is 1.77. The number of fused-ring (bicyclic) bond motifs is 1. The van der Waals surface area contributed by atoms with Crippen LogP contribution in [0.25, 0.3) is 22.4 Å². The Bertz CT molecular complexity index is 963. The number of imidazole rings is 1. The van der Waals surface area contributed by atoms with Gasteiger partial charge in [0.25, 0.3) is 0 Å². The molecule has 0 spiro atoms. The highest BCUT2D eigenvalue weighted by Crippen LogP contribution is 2.26. The van der Waals surface area contributed by atoms with Gasteiger partial charge in [0, 0.05) is 22.5 Å². The summed E-state index contributed by atoms with van der Waals surface area (Å²) >= 11 is 6.03. The van der Waals surface area contributed by atoms with Crippen molar-refractivity contribution in [3.63, 3.8) is 0 Å². The van der Waals surface area contributed by atoms with E-state index in [0.29, 0.717) is 10.8 Å². The SMILES string of the molecule is Clc1cccc(Nc2nccc3[nH]c(-c4ccccc4)nc23)c1. The van der Waals surface area contributed by atoms with Crippen molar-refractivity contribution in [3.8, 4) is 11.4 Å². The van der Waals surface area contributed by atoms with Crippen LogP contribution in [0.5, 0.6) is 0 Å². The lowest BCUT2D eigenvalue weighted by Crippen LogP contribution is -1.94. The van der Waals surface area contributed by atoms with Crippen LogP contribution < -0.4 is 5.32 Å². The fraction of sp³-hybridized carbons (Fsp3) is 0. The summed E-state index contributed by atoms with van der Waals surface area (Å²) in [6.07, 6.45) is 1.75. The number of aromatic nitrogens is 3. The van der Waals surface area contributed by atoms with E-state index in [-0.39, 0.29) is 0 Å². The highest BCUT2D eigenvalue weighted by Gasteiger charge is 2.10. The maximum Gasteiger partial charge on any atom is 0.158 e. The fourth-order valence-electron chi connectivity index (χ4n) is 2.46. The predicted molar refractivity (Wildman–Crippen MR) is 94.1 cm³/mol. The van der Waals surface area contributed by atoms with E-state index in [9.17, 15) is 0 Å². The molecule has 2 N–H and O–H groups in total. The van der Waals surface area contributed by atoms with Crippen molar-refractivity contribution in [2.45, 2.75) is 0 Å². The summed E-state index contributed by atoms with van der Waals surface area (Å²) in [5.74, 6) is 1.52. The van der Waals surface area contributed by atoms with Crippen molar-refractivity contribution in [1.29, 1.82) is 0 Å². The molecule has 4 nitrogen and oxygen atoms in total. The van der Waals surface area contributed by atoms with Crippen molar-refractivity contribution in [2.75, 3.05) is 5.32 Å². The van der Waals surface area contributed by atoms with Gasteiger partial charge in [0.05, 0.1) is 5.52 Å². The van der Waals surface area contributed by atoms with Crippen LogP contribution in [-0.4, -0.2) is 15.0 Å². The summed E-state index contributed by atoms with van der Waals surface area (Å²) in [6.45, 7) is 0. The zero-order chi connectivity index (χ0) is 15.6. The van der Waals surface area contributed by atoms with E-state index in [1.165, 1.54) is 0 Å². The molecule has 112 valence electrons. The minimum Gasteiger partial charge on any atom is -0.338 e. The van der Waals surface area contributed by atoms with Gasteiger partial charge in [-0.3, -0.25) is 0 Å². The Kier molecular flexibility index (Phi) is 3.44. The van der Waals surface area contributed by atoms with Crippen molar-refractivity contribution in [1.82, 2.24) is 15.0 Å². The second kappa shape index (κ2) is 5.74. The summed E-state index contributed by atoms with van der Waals surface area (Å²) in [5, 5.41) is 3.95. The van der Waals surface area contributed by atoms with Crippen LogP contribution in [0.1, 0.15) is 0 Å². The van der Waals surface area contributed by atoms with E-state index in [4.69, 9.17) is 11.6 Å². The maximum atomic E-state index is 6.03. The second-order valence-electron chi connectivity index (χ2n) is 5.14. The highest BCUT2D eigenvalue weighted by molar-refractivity contribution is 6.30. The lowest BCUT2D eigenvalue weighted by Gasteiger charge is -2.05. The number of halogens is 1. The second-order valence-corrected chi connectivity index (χ2v) is 5.58. The van der Waals surface area contributed by atoms with E-state index in [1.807, 2.05) is 60.7 Å². The molecule has 4 rings (SSSR count). The minimum absolute atomic E-state index is 0.675. The summed E-state index contributed by atoms with van der Waals surface area (Å²) in [4.78, 5) is 12.4. The van der Waals surface area contributed by atoms with Gasteiger partial charge in [-0.25, -0.2) is 9.97 Å². The van der Waals surface area contributed by atoms with Gasteiger partial charge in [-0.15, -0.1) is 0 Å². The molecule has 5 heteroatoms. The van der Waals surface area contributed by atoms with Crippen molar-refractivity contribution in [2.24, 2.45) is 0 Å². The molecular formula is C18H13ClN4. The Morgan fingerprint density at radius 3 is 2.65 bits per heavy atom. The fourth-order valence-corrected chi connectivity index (χ4v) is 2.65. The number of benzene rings is 2. The monoisotopic (exact) mass is 320 g/mol. The van der Waals surface area contributed by atoms with Crippen LogP contribution in [0.4, 0.5) is 11.5 Å². The molecule has 2 aromatic carbocycles. The van der Waals surface area contributed by atoms with Crippen LogP contribution in [0.2, 0.25) is 5.02 Å². The molecule has 2 heterocycles. The van der Waals surface area contributed by atoms with Crippen molar-refractivity contribution in [3.05, 3.63) is 71.9 Å². The molecule has 23 heavy (non-hydrogen) atoms. The van der Waals surface area contributed by atoms with Crippen LogP contribution in [-0.2, 0) is 0 Å². The smallest absolute Gasteiger partial charge is 0.158 e. The quantitative estimate of drug-likeness (QED) is 0.557. The van der Waals surface area contributed by atoms with E-state index >= 15 is 0 Å². The van der Waals surface area contributed by atoms with Crippen LogP contribution in [0.3, 0.4) is 0 Å². The molecule has 0 aliphatic carbocycles. The molecular weight excluding hydrogens is 308 g/mol. The Hall–Kier alpha value is -2.85. The van der Waals surface area contributed by atoms with Gasteiger partial charge < -0.3 is 10.3 Å². The molecule has 2 aromatic heterocycles. The largest absolute Gasteiger partial charge is 0.338 e. The molecule has 4 aromatic rings. The third kappa shape index (κ3) is 2.76. The number of hydrogen-bond acceptors (Lipinski definition) is 3. The van der Waals surface area contributed by atoms with Gasteiger partial charge >= 0.3 is 0 Å². The molecule has 0 fully saturated rings. The van der Waals surface area contributed by atoms with Gasteiger partial charge in [-0.05, 0) is 24.3 Å². The summed E-state index contributed by atoms with van der Waals surface area (Å²) < 4.78 is 0. The average molecular weight is 321 g/mol. The minimum atomic E-state index is 0.675. The molecule has 0 saturated heterocycles. The number of anilines is 2. The van der Waals surface area contributed by atoms with Crippen molar-refractivity contribution < 1.29 is 0 Å². The molecule has 0 bridgehead atoms. The number of nitrogens with zero attached hydrogens (tertiary/aromatic N) is 2. The third-order valence-corrected chi connectivity index (χ3v) is 3.77. The van der Waals surface area contributed by atoms with Gasteiger partial charge in [0.2, 0.25) is 0 Å². The highest BCUT2D eigenvalue weighted by atomic mass is 35.5. The first-order valence-corrected chi connectivity index (χ1v) is 7.60. The molecule has 0 amide bonds. The Morgan fingerprint density at radius 1 is 0.957 bits per heavy atom. The van der Waals surface area contributed by atoms with Gasteiger partial charge in [0.1, 0.15) is 11.3 Å². The van der Waals surface area contributed by atoms with Crippen molar-refractivity contribution >= 4 is 34.1 Å². The molecule has 0 radical (unpaired) electrons. The first-order chi connectivity index (χ1) is 11.3. The number of rotatable bonds is 3. The third-order valence-electron chi connectivity index (χ3n) is 3.54. The summed E-state index contributed by atoms with van der Waals surface area (Å²) in [7, 11) is 0. The first kappa shape index (κ1) is 13.8. The summed E-state index contributed by atoms with van der Waals surface area (Å²) in [5.41, 5.74) is 3.65. The Labute approximate surface area is 138 Å². The lowest BCUT2D eigenvalue weighted by molar-refractivity contribution is 1.31. The van der Waals surface area contributed by atoms with Crippen LogP contribution in [0, 0.1) is 0 Å². The van der Waals surface area contributed by atoms with E-state index in [0.717, 1.165) is 28.1 Å². The Morgan fingerprint density at radius 2 is 1.83 bits per heavy atom. The average Bonchev–Trinajstić information content (AvgIpc) is 3.01. The molecule has 0 unspecified atom stereocenters. The normalized spacial score (nSPS) is 10.8. The predicted octanol–water partition coefficient (Wildman–Crippen LogP) is 5.02. The molecule has 0 atom stereocenters. The maximum absolute atomic E-state index is 6.03. The number of hydrogen-bond donors (Lipinski definition) is 2. The zero-order valence-electron chi connectivity index (χ0n) is 12.1. The number of pyridine rings is 1. The van der Waals surface area contributed by atoms with Crippen LogP contribution >= 0.6 is 11.6 Å². The first-order valence-electron chi connectivity index (χ1n) is 7.22. The lowest BCUT2D eigenvalue weighted by atomic mass is 10.2. The topological polar surface area (TPSA) is 53.6 Å². The van der Waals surface area contributed by atoms with Gasteiger partial charge in [0.15, 0.2) is 5.82 Å². The molecule has 0 saturated carbocycles. The molecule has 0 aliphatic heterocycles. The molecule has 0 aliphatic rings. The summed E-state index contributed by atoms with van der Waals surface area (Å²) in [6, 6.07) is 19.5. The number of nitrogens with one attached hydrogen (secondary N) is 2. The van der Waals surface area contributed by atoms with Gasteiger partial charge in [-0.1, -0.05) is 48.0 Å². The number of aromatic amines is 1. The zero-order valence-corrected chi connectivity index (χ0v) is 12.9. The van der Waals surface area contributed by atoms with Crippen LogP contribution in [0.15, 0.2) is 66.9 Å². The van der Waals surface area contributed by atoms with E-state index < -0.39 is 0 Å². The van der Waals surface area contributed by atoms with Gasteiger partial charge in [-0.2, -0.15) is 0 Å². The van der Waals surface area contributed by atoms with E-state index in [2.05, 4.69) is 20.3 Å². The standard InChI is InChI=1S/C18H13ClN4/c19-13-7-4-8-14(11-13)21-18-16-15(9-10-20-18)22-17(23-16)12-5-2-1-3-6-12/h1-11H,(H,20,21)(H,22,23).